The summed E-state index contributed by atoms with van der Waals surface area (Å²) in [4.78, 5) is 29.0. The number of hydrogen-bond donors (Lipinski definition) is 2. The van der Waals surface area contributed by atoms with Gasteiger partial charge in [0.1, 0.15) is 5.60 Å². The molecule has 2 N–H and O–H groups in total. The molecule has 2 fully saturated rings. The lowest BCUT2D eigenvalue weighted by atomic mass is 9.50. The van der Waals surface area contributed by atoms with E-state index < -0.39 is 41.4 Å². The Kier molecular flexibility index (Phi) is 7.14. The monoisotopic (exact) mass is 600 g/mol. The summed E-state index contributed by atoms with van der Waals surface area (Å²) < 4.78 is 71.6. The van der Waals surface area contributed by atoms with E-state index in [1.807, 2.05) is 0 Å². The molecular weight excluding hydrogens is 567 g/mol. The third kappa shape index (κ3) is 4.64. The number of rotatable bonds is 5. The molecule has 0 saturated heterocycles. The van der Waals surface area contributed by atoms with E-state index in [0.29, 0.717) is 43.4 Å². The molecule has 43 heavy (non-hydrogen) atoms. The number of allylic oxidation sites excluding steroid dienone is 4. The van der Waals surface area contributed by atoms with E-state index in [0.717, 1.165) is 22.3 Å². The lowest BCUT2D eigenvalue weighted by molar-refractivity contribution is -0.362. The zero-order chi connectivity index (χ0) is 30.8. The van der Waals surface area contributed by atoms with Crippen molar-refractivity contribution in [2.45, 2.75) is 82.0 Å². The van der Waals surface area contributed by atoms with Gasteiger partial charge in [-0.15, -0.1) is 0 Å². The number of ketones is 1. The first-order chi connectivity index (χ1) is 20.3. The van der Waals surface area contributed by atoms with E-state index in [2.05, 4.69) is 10.3 Å². The van der Waals surface area contributed by atoms with Gasteiger partial charge < -0.3 is 10.4 Å². The topological polar surface area (TPSA) is 79.3 Å². The minimum atomic E-state index is -5.90. The van der Waals surface area contributed by atoms with Gasteiger partial charge in [0.25, 0.3) is 5.91 Å². The van der Waals surface area contributed by atoms with E-state index in [4.69, 9.17) is 0 Å². The Morgan fingerprint density at radius 2 is 1.72 bits per heavy atom. The van der Waals surface area contributed by atoms with E-state index in [9.17, 15) is 27.9 Å². The van der Waals surface area contributed by atoms with Crippen LogP contribution in [0.1, 0.15) is 79.3 Å². The largest absolute Gasteiger partial charge is 0.456 e. The number of carbonyl (C=O) groups excluding carboxylic acids is 2. The summed E-state index contributed by atoms with van der Waals surface area (Å²) in [6.07, 6.45) is 0.159. The number of halogens is 5. The molecule has 0 spiro atoms. The quantitative estimate of drug-likeness (QED) is 0.369. The summed E-state index contributed by atoms with van der Waals surface area (Å²) in [5, 5.41) is 14.2. The van der Waals surface area contributed by atoms with Gasteiger partial charge in [0.05, 0.1) is 0 Å². The Morgan fingerprint density at radius 3 is 2.40 bits per heavy atom. The molecule has 6 rings (SSSR count). The first-order valence-electron chi connectivity index (χ1n) is 14.7. The molecule has 1 amide bonds. The highest BCUT2D eigenvalue weighted by Crippen LogP contribution is 2.70. The first kappa shape index (κ1) is 29.7. The molecule has 0 unspecified atom stereocenters. The molecule has 5 nitrogen and oxygen atoms in total. The van der Waals surface area contributed by atoms with Crippen molar-refractivity contribution in [3.63, 3.8) is 0 Å². The van der Waals surface area contributed by atoms with E-state index in [-0.39, 0.29) is 30.4 Å². The highest BCUT2D eigenvalue weighted by Gasteiger charge is 2.79. The van der Waals surface area contributed by atoms with Crippen LogP contribution in [0.25, 0.3) is 0 Å². The van der Waals surface area contributed by atoms with Gasteiger partial charge in [-0.3, -0.25) is 14.6 Å². The predicted octanol–water partition coefficient (Wildman–Crippen LogP) is 6.84. The van der Waals surface area contributed by atoms with Gasteiger partial charge in [-0.1, -0.05) is 24.6 Å². The molecule has 4 aliphatic carbocycles. The van der Waals surface area contributed by atoms with Crippen molar-refractivity contribution in [3.8, 4) is 0 Å². The number of aromatic nitrogens is 1. The fraction of sp³-hybridized carbons (Fsp3) is 0.485. The van der Waals surface area contributed by atoms with Gasteiger partial charge in [-0.25, -0.2) is 0 Å². The van der Waals surface area contributed by atoms with Crippen molar-refractivity contribution in [1.82, 2.24) is 10.3 Å². The number of fused-ring (bicyclic) bond motifs is 4. The van der Waals surface area contributed by atoms with Gasteiger partial charge in [-0.05, 0) is 103 Å². The van der Waals surface area contributed by atoms with Crippen molar-refractivity contribution in [3.05, 3.63) is 88.3 Å². The number of alkyl halides is 5. The van der Waals surface area contributed by atoms with Crippen LogP contribution in [0.2, 0.25) is 0 Å². The highest BCUT2D eigenvalue weighted by molar-refractivity contribution is 5.94. The van der Waals surface area contributed by atoms with E-state index in [1.54, 1.807) is 54.9 Å². The lowest BCUT2D eigenvalue weighted by Gasteiger charge is -2.56. The maximum absolute atomic E-state index is 15.2. The van der Waals surface area contributed by atoms with E-state index >= 15 is 8.78 Å². The maximum Gasteiger partial charge on any atom is 0.456 e. The molecule has 228 valence electrons. The van der Waals surface area contributed by atoms with Crippen molar-refractivity contribution in [1.29, 1.82) is 0 Å². The Morgan fingerprint density at radius 1 is 1.02 bits per heavy atom. The fourth-order valence-corrected chi connectivity index (χ4v) is 8.37. The Hall–Kier alpha value is -3.40. The molecule has 2 aromatic rings. The third-order valence-corrected chi connectivity index (χ3v) is 10.5. The standard InChI is InChI=1S/C33H33F5N2O3/c1-30-17-26(20-2-4-21(5-3-20)29(42)40-18-19-11-14-39-15-12-19)28-24-9-7-23(41)16-22(24)6-8-25(28)27(30)10-13-31(30,43)32(34,35)33(36,37)38/h2-5,11-12,14-16,25-27,43H,6-10,13,17-18H2,1H3,(H,40,42)/t25-,26+,27-,30-,31-/m0/s1. The Labute approximate surface area is 246 Å². The van der Waals surface area contributed by atoms with Crippen molar-refractivity contribution in [2.24, 2.45) is 17.3 Å². The number of pyridine rings is 1. The van der Waals surface area contributed by atoms with Crippen LogP contribution in [-0.4, -0.2) is 39.5 Å². The van der Waals surface area contributed by atoms with Gasteiger partial charge in [-0.2, -0.15) is 22.0 Å². The molecule has 4 aliphatic rings. The average molecular weight is 601 g/mol. The highest BCUT2D eigenvalue weighted by atomic mass is 19.4. The SMILES string of the molecule is C[C@]12C[C@H](c3ccc(C(=O)NCc4ccncc4)cc3)C3=C4CCC(=O)C=C4CC[C@H]3[C@@H]1CC[C@@]2(O)C(F)(F)C(F)(F)F. The molecule has 0 aliphatic heterocycles. The minimum absolute atomic E-state index is 0.0252. The summed E-state index contributed by atoms with van der Waals surface area (Å²) in [5.74, 6) is -7.00. The van der Waals surface area contributed by atoms with Crippen LogP contribution < -0.4 is 5.32 Å². The molecule has 1 heterocycles. The summed E-state index contributed by atoms with van der Waals surface area (Å²) in [6, 6.07) is 10.3. The number of amides is 1. The third-order valence-electron chi connectivity index (χ3n) is 10.5. The summed E-state index contributed by atoms with van der Waals surface area (Å²) in [7, 11) is 0. The number of carbonyl (C=O) groups is 2. The predicted molar refractivity (Wildman–Crippen MR) is 148 cm³/mol. The molecule has 10 heteroatoms. The van der Waals surface area contributed by atoms with Crippen LogP contribution >= 0.6 is 0 Å². The number of hydrogen-bond acceptors (Lipinski definition) is 4. The van der Waals surface area contributed by atoms with Crippen LogP contribution in [0.5, 0.6) is 0 Å². The molecule has 0 radical (unpaired) electrons. The zero-order valence-corrected chi connectivity index (χ0v) is 23.7. The summed E-state index contributed by atoms with van der Waals surface area (Å²) in [6.45, 7) is 1.69. The fourth-order valence-electron chi connectivity index (χ4n) is 8.37. The second kappa shape index (κ2) is 10.4. The molecular formula is C33H33F5N2O3. The summed E-state index contributed by atoms with van der Waals surface area (Å²) >= 11 is 0. The van der Waals surface area contributed by atoms with Crippen molar-refractivity contribution < 1.29 is 36.6 Å². The Balaban J connectivity index is 1.38. The smallest absolute Gasteiger partial charge is 0.383 e. The molecule has 0 bridgehead atoms. The van der Waals surface area contributed by atoms with Crippen molar-refractivity contribution >= 4 is 11.7 Å². The van der Waals surface area contributed by atoms with Gasteiger partial charge in [0.15, 0.2) is 5.78 Å². The second-order valence-electron chi connectivity index (χ2n) is 12.6. The normalized spacial score (nSPS) is 30.7. The molecule has 1 aromatic carbocycles. The van der Waals surface area contributed by atoms with Crippen LogP contribution in [-0.2, 0) is 11.3 Å². The van der Waals surface area contributed by atoms with Gasteiger partial charge in [0.2, 0.25) is 0 Å². The lowest BCUT2D eigenvalue weighted by Crippen LogP contribution is -2.65. The van der Waals surface area contributed by atoms with Crippen LogP contribution in [0.15, 0.2) is 71.6 Å². The molecule has 2 saturated carbocycles. The number of nitrogens with zero attached hydrogens (tertiary/aromatic N) is 1. The van der Waals surface area contributed by atoms with Crippen LogP contribution in [0.3, 0.4) is 0 Å². The van der Waals surface area contributed by atoms with E-state index in [1.165, 1.54) is 6.92 Å². The van der Waals surface area contributed by atoms with Crippen LogP contribution in [0.4, 0.5) is 22.0 Å². The molecule has 5 atom stereocenters. The average Bonchev–Trinajstić information content (AvgIpc) is 3.26. The number of nitrogens with one attached hydrogen (secondary N) is 1. The van der Waals surface area contributed by atoms with Crippen LogP contribution in [0, 0.1) is 17.3 Å². The first-order valence-corrected chi connectivity index (χ1v) is 14.7. The second-order valence-corrected chi connectivity index (χ2v) is 12.6. The number of benzene rings is 1. The zero-order valence-electron chi connectivity index (χ0n) is 23.7. The Bertz CT molecular complexity index is 1500. The number of aliphatic hydroxyl groups is 1. The summed E-state index contributed by atoms with van der Waals surface area (Å²) in [5.41, 5.74) is -0.156. The minimum Gasteiger partial charge on any atom is -0.383 e. The molecule has 1 aromatic heterocycles. The van der Waals surface area contributed by atoms with Gasteiger partial charge in [0, 0.05) is 42.3 Å². The van der Waals surface area contributed by atoms with Crippen molar-refractivity contribution in [2.75, 3.05) is 0 Å². The van der Waals surface area contributed by atoms with Gasteiger partial charge >= 0.3 is 12.1 Å². The maximum atomic E-state index is 15.2.